The highest BCUT2D eigenvalue weighted by atomic mass is 14.3. The van der Waals surface area contributed by atoms with Gasteiger partial charge in [-0.25, -0.2) is 0 Å². The van der Waals surface area contributed by atoms with Gasteiger partial charge in [0.1, 0.15) is 0 Å². The second kappa shape index (κ2) is 6.46. The minimum absolute atomic E-state index is 0.275. The molecule has 0 nitrogen and oxygen atoms in total. The van der Waals surface area contributed by atoms with Crippen molar-refractivity contribution in [1.82, 2.24) is 0 Å². The third kappa shape index (κ3) is 2.46. The summed E-state index contributed by atoms with van der Waals surface area (Å²) >= 11 is 0. The smallest absolute Gasteiger partial charge is 0.0358 e. The van der Waals surface area contributed by atoms with Crippen LogP contribution in [0.25, 0.3) is 33.0 Å². The standard InChI is InChI=1S/C29H20/c1-2-10-20(11-3-1)21-18-19-28(23-13-5-4-12-22(21)23)29-26-16-8-6-14-24(26)25-15-7-9-17-27(25)29/h1-19,29H. The highest BCUT2D eigenvalue weighted by Gasteiger charge is 2.30. The van der Waals surface area contributed by atoms with Gasteiger partial charge in [0.25, 0.3) is 0 Å². The highest BCUT2D eigenvalue weighted by molar-refractivity contribution is 6.00. The van der Waals surface area contributed by atoms with Crippen molar-refractivity contribution >= 4 is 10.8 Å². The Kier molecular flexibility index (Phi) is 3.64. The number of rotatable bonds is 2. The Bertz CT molecular complexity index is 1300. The fourth-order valence-electron chi connectivity index (χ4n) is 4.93. The Balaban J connectivity index is 1.64. The molecule has 0 heterocycles. The molecule has 0 aliphatic heterocycles. The minimum Gasteiger partial charge on any atom is -0.0622 e. The maximum atomic E-state index is 2.34. The molecule has 0 radical (unpaired) electrons. The van der Waals surface area contributed by atoms with E-state index in [1.807, 2.05) is 0 Å². The monoisotopic (exact) mass is 368 g/mol. The first kappa shape index (κ1) is 16.3. The summed E-state index contributed by atoms with van der Waals surface area (Å²) < 4.78 is 0. The van der Waals surface area contributed by atoms with Crippen LogP contribution in [-0.4, -0.2) is 0 Å². The van der Waals surface area contributed by atoms with E-state index in [2.05, 4.69) is 115 Å². The summed E-state index contributed by atoms with van der Waals surface area (Å²) in [6.07, 6.45) is 0. The number of fused-ring (bicyclic) bond motifs is 4. The molecular formula is C29H20. The first-order valence-corrected chi connectivity index (χ1v) is 10.2. The van der Waals surface area contributed by atoms with Crippen molar-refractivity contribution in [1.29, 1.82) is 0 Å². The quantitative estimate of drug-likeness (QED) is 0.294. The van der Waals surface area contributed by atoms with Gasteiger partial charge in [-0.3, -0.25) is 0 Å². The van der Waals surface area contributed by atoms with Crippen LogP contribution in [0.5, 0.6) is 0 Å². The van der Waals surface area contributed by atoms with Gasteiger partial charge in [-0.15, -0.1) is 0 Å². The predicted molar refractivity (Wildman–Crippen MR) is 122 cm³/mol. The molecule has 0 amide bonds. The zero-order valence-corrected chi connectivity index (χ0v) is 16.0. The molecule has 1 aliphatic carbocycles. The summed E-state index contributed by atoms with van der Waals surface area (Å²) in [6.45, 7) is 0. The summed E-state index contributed by atoms with van der Waals surface area (Å²) in [5, 5.41) is 2.66. The Hall–Kier alpha value is -3.64. The molecule has 29 heavy (non-hydrogen) atoms. The van der Waals surface area contributed by atoms with E-state index >= 15 is 0 Å². The molecule has 5 aromatic rings. The van der Waals surface area contributed by atoms with E-state index in [-0.39, 0.29) is 5.92 Å². The molecule has 0 N–H and O–H groups in total. The maximum Gasteiger partial charge on any atom is 0.0358 e. The molecule has 6 rings (SSSR count). The van der Waals surface area contributed by atoms with Gasteiger partial charge in [-0.2, -0.15) is 0 Å². The Labute approximate surface area is 171 Å². The summed E-state index contributed by atoms with van der Waals surface area (Å²) in [7, 11) is 0. The first-order chi connectivity index (χ1) is 14.4. The van der Waals surface area contributed by atoms with Crippen LogP contribution in [-0.2, 0) is 0 Å². The van der Waals surface area contributed by atoms with Gasteiger partial charge in [0.2, 0.25) is 0 Å². The van der Waals surface area contributed by atoms with Gasteiger partial charge in [0.15, 0.2) is 0 Å². The number of hydrogen-bond acceptors (Lipinski definition) is 0. The average Bonchev–Trinajstić information content (AvgIpc) is 3.13. The van der Waals surface area contributed by atoms with Gasteiger partial charge < -0.3 is 0 Å². The maximum absolute atomic E-state index is 2.34. The zero-order chi connectivity index (χ0) is 19.2. The van der Waals surface area contributed by atoms with Crippen molar-refractivity contribution in [3.63, 3.8) is 0 Å². The molecule has 0 heteroatoms. The fourth-order valence-corrected chi connectivity index (χ4v) is 4.93. The van der Waals surface area contributed by atoms with Gasteiger partial charge in [-0.05, 0) is 49.7 Å². The van der Waals surface area contributed by atoms with Crippen molar-refractivity contribution in [3.8, 4) is 22.3 Å². The zero-order valence-electron chi connectivity index (χ0n) is 16.0. The molecule has 5 aromatic carbocycles. The van der Waals surface area contributed by atoms with E-state index < -0.39 is 0 Å². The summed E-state index contributed by atoms with van der Waals surface area (Å²) in [4.78, 5) is 0. The van der Waals surface area contributed by atoms with E-state index in [1.165, 1.54) is 49.7 Å². The van der Waals surface area contributed by atoms with Crippen molar-refractivity contribution in [2.75, 3.05) is 0 Å². The van der Waals surface area contributed by atoms with Crippen LogP contribution >= 0.6 is 0 Å². The first-order valence-electron chi connectivity index (χ1n) is 10.2. The lowest BCUT2D eigenvalue weighted by molar-refractivity contribution is 1.03. The molecule has 0 unspecified atom stereocenters. The number of hydrogen-bond donors (Lipinski definition) is 0. The highest BCUT2D eigenvalue weighted by Crippen LogP contribution is 2.49. The number of benzene rings is 5. The lowest BCUT2D eigenvalue weighted by Crippen LogP contribution is -2.00. The second-order valence-corrected chi connectivity index (χ2v) is 7.72. The molecule has 1 aliphatic rings. The molecule has 0 fully saturated rings. The largest absolute Gasteiger partial charge is 0.0622 e. The van der Waals surface area contributed by atoms with E-state index in [0.29, 0.717) is 0 Å². The summed E-state index contributed by atoms with van der Waals surface area (Å²) in [6, 6.07) is 41.9. The van der Waals surface area contributed by atoms with E-state index in [9.17, 15) is 0 Å². The average molecular weight is 368 g/mol. The van der Waals surface area contributed by atoms with Crippen LogP contribution in [0.4, 0.5) is 0 Å². The van der Waals surface area contributed by atoms with E-state index in [0.717, 1.165) is 0 Å². The third-order valence-electron chi connectivity index (χ3n) is 6.19. The van der Waals surface area contributed by atoms with Crippen LogP contribution in [0.15, 0.2) is 115 Å². The lowest BCUT2D eigenvalue weighted by atomic mass is 9.84. The molecular weight excluding hydrogens is 348 g/mol. The van der Waals surface area contributed by atoms with Gasteiger partial charge in [0, 0.05) is 5.92 Å². The molecule has 0 saturated heterocycles. The lowest BCUT2D eigenvalue weighted by Gasteiger charge is -2.19. The molecule has 0 aromatic heterocycles. The van der Waals surface area contributed by atoms with Crippen LogP contribution < -0.4 is 0 Å². The second-order valence-electron chi connectivity index (χ2n) is 7.72. The van der Waals surface area contributed by atoms with Gasteiger partial charge in [0.05, 0.1) is 0 Å². The van der Waals surface area contributed by atoms with Gasteiger partial charge >= 0.3 is 0 Å². The van der Waals surface area contributed by atoms with Crippen LogP contribution in [0.3, 0.4) is 0 Å². The van der Waals surface area contributed by atoms with Gasteiger partial charge in [-0.1, -0.05) is 115 Å². The fraction of sp³-hybridized carbons (Fsp3) is 0.0345. The van der Waals surface area contributed by atoms with Crippen molar-refractivity contribution in [2.24, 2.45) is 0 Å². The molecule has 0 spiro atoms. The molecule has 136 valence electrons. The Morgan fingerprint density at radius 3 is 1.59 bits per heavy atom. The van der Waals surface area contributed by atoms with Crippen LogP contribution in [0, 0.1) is 0 Å². The third-order valence-corrected chi connectivity index (χ3v) is 6.19. The minimum atomic E-state index is 0.275. The van der Waals surface area contributed by atoms with Crippen LogP contribution in [0.2, 0.25) is 0 Å². The molecule has 0 saturated carbocycles. The van der Waals surface area contributed by atoms with Crippen molar-refractivity contribution in [2.45, 2.75) is 5.92 Å². The van der Waals surface area contributed by atoms with Crippen molar-refractivity contribution < 1.29 is 0 Å². The molecule has 0 bridgehead atoms. The topological polar surface area (TPSA) is 0 Å². The SMILES string of the molecule is c1ccc(-c2ccc(C3c4ccccc4-c4ccccc43)c3ccccc23)cc1. The Morgan fingerprint density at radius 1 is 0.345 bits per heavy atom. The summed E-state index contributed by atoms with van der Waals surface area (Å²) in [5.41, 5.74) is 9.50. The normalized spacial score (nSPS) is 12.7. The van der Waals surface area contributed by atoms with Crippen molar-refractivity contribution in [3.05, 3.63) is 132 Å². The summed E-state index contributed by atoms with van der Waals surface area (Å²) in [5.74, 6) is 0.275. The van der Waals surface area contributed by atoms with Crippen LogP contribution in [0.1, 0.15) is 22.6 Å². The van der Waals surface area contributed by atoms with E-state index in [4.69, 9.17) is 0 Å². The predicted octanol–water partition coefficient (Wildman–Crippen LogP) is 7.67. The van der Waals surface area contributed by atoms with E-state index in [1.54, 1.807) is 0 Å². The Morgan fingerprint density at radius 2 is 0.897 bits per heavy atom. The molecule has 0 atom stereocenters.